The van der Waals surface area contributed by atoms with E-state index in [1.54, 1.807) is 22.8 Å². The number of hydrogen-bond donors (Lipinski definition) is 1. The van der Waals surface area contributed by atoms with Gasteiger partial charge in [-0.15, -0.1) is 0 Å². The average Bonchev–Trinajstić information content (AvgIpc) is 3.06. The first-order valence-electron chi connectivity index (χ1n) is 9.04. The van der Waals surface area contributed by atoms with Gasteiger partial charge in [-0.3, -0.25) is 10.2 Å². The molecule has 2 aromatic heterocycles. The van der Waals surface area contributed by atoms with Crippen molar-refractivity contribution in [1.82, 2.24) is 19.5 Å². The molecule has 0 aliphatic carbocycles. The summed E-state index contributed by atoms with van der Waals surface area (Å²) in [5, 5.41) is 8.18. The maximum absolute atomic E-state index is 12.1. The zero-order valence-corrected chi connectivity index (χ0v) is 16.4. The van der Waals surface area contributed by atoms with E-state index in [0.29, 0.717) is 29.6 Å². The molecule has 1 spiro atoms. The number of halogens is 2. The molecule has 4 heterocycles. The third-order valence-corrected chi connectivity index (χ3v) is 5.91. The Bertz CT molecular complexity index is 1080. The van der Waals surface area contributed by atoms with Gasteiger partial charge >= 0.3 is 6.09 Å². The molecule has 9 heteroatoms. The van der Waals surface area contributed by atoms with E-state index in [2.05, 4.69) is 20.3 Å². The highest BCUT2D eigenvalue weighted by Crippen LogP contribution is 2.44. The Labute approximate surface area is 171 Å². The van der Waals surface area contributed by atoms with Crippen molar-refractivity contribution in [2.45, 2.75) is 25.0 Å². The second-order valence-electron chi connectivity index (χ2n) is 7.16. The van der Waals surface area contributed by atoms with Gasteiger partial charge in [0.25, 0.3) is 0 Å². The first kappa shape index (κ1) is 17.7. The fraction of sp³-hybridized carbons (Fsp3) is 0.316. The Morgan fingerprint density at radius 2 is 2.04 bits per heavy atom. The number of aromatic nitrogens is 3. The standard InChI is InChI=1S/C19H17Cl2N5O2/c20-13-1-2-15-14(9-13)19(28-18(27)23-15)4-7-25(8-5-19)11-12-10-22-26-6-3-16(21)24-17(12)26/h1-3,6,9-10H,4-5,7-8,11H2,(H,23,27). The number of benzene rings is 1. The molecule has 28 heavy (non-hydrogen) atoms. The number of likely N-dealkylation sites (tertiary alicyclic amines) is 1. The number of nitrogens with zero attached hydrogens (tertiary/aromatic N) is 4. The average molecular weight is 418 g/mol. The van der Waals surface area contributed by atoms with Crippen LogP contribution in [-0.4, -0.2) is 38.7 Å². The molecule has 0 unspecified atom stereocenters. The van der Waals surface area contributed by atoms with E-state index in [9.17, 15) is 4.79 Å². The van der Waals surface area contributed by atoms with E-state index in [1.165, 1.54) is 0 Å². The molecule has 5 rings (SSSR count). The van der Waals surface area contributed by atoms with Crippen molar-refractivity contribution in [2.75, 3.05) is 18.4 Å². The van der Waals surface area contributed by atoms with Gasteiger partial charge in [-0.1, -0.05) is 23.2 Å². The number of nitrogens with one attached hydrogen (secondary N) is 1. The number of fused-ring (bicyclic) bond motifs is 3. The molecule has 0 atom stereocenters. The lowest BCUT2D eigenvalue weighted by Gasteiger charge is -2.44. The van der Waals surface area contributed by atoms with Crippen molar-refractivity contribution >= 4 is 40.6 Å². The van der Waals surface area contributed by atoms with Crippen LogP contribution in [0.2, 0.25) is 10.2 Å². The fourth-order valence-corrected chi connectivity index (χ4v) is 4.37. The Hall–Kier alpha value is -2.35. The molecular formula is C19H17Cl2N5O2. The summed E-state index contributed by atoms with van der Waals surface area (Å²) in [4.78, 5) is 18.8. The third kappa shape index (κ3) is 2.99. The summed E-state index contributed by atoms with van der Waals surface area (Å²) >= 11 is 12.2. The quantitative estimate of drug-likeness (QED) is 0.635. The normalized spacial score (nSPS) is 18.7. The van der Waals surface area contributed by atoms with Crippen molar-refractivity contribution in [3.05, 3.63) is 58.0 Å². The summed E-state index contributed by atoms with van der Waals surface area (Å²) in [6.07, 6.45) is 4.60. The number of amides is 1. The van der Waals surface area contributed by atoms with Crippen LogP contribution in [0, 0.1) is 0 Å². The second kappa shape index (κ2) is 6.62. The summed E-state index contributed by atoms with van der Waals surface area (Å²) in [6, 6.07) is 7.21. The predicted octanol–water partition coefficient (Wildman–Crippen LogP) is 4.09. The van der Waals surface area contributed by atoms with Gasteiger partial charge in [-0.2, -0.15) is 5.10 Å². The van der Waals surface area contributed by atoms with Gasteiger partial charge in [-0.25, -0.2) is 14.3 Å². The molecule has 1 aromatic carbocycles. The van der Waals surface area contributed by atoms with E-state index in [4.69, 9.17) is 27.9 Å². The van der Waals surface area contributed by atoms with Gasteiger partial charge in [-0.05, 0) is 24.3 Å². The molecule has 1 N–H and O–H groups in total. The molecule has 0 saturated carbocycles. The molecule has 0 radical (unpaired) electrons. The van der Waals surface area contributed by atoms with Crippen molar-refractivity contribution in [1.29, 1.82) is 0 Å². The minimum atomic E-state index is -0.637. The highest BCUT2D eigenvalue weighted by molar-refractivity contribution is 6.30. The Morgan fingerprint density at radius 1 is 1.21 bits per heavy atom. The maximum Gasteiger partial charge on any atom is 0.412 e. The number of ether oxygens (including phenoxy) is 1. The lowest BCUT2D eigenvalue weighted by Crippen LogP contribution is -2.48. The largest absolute Gasteiger partial charge is 0.438 e. The van der Waals surface area contributed by atoms with Gasteiger partial charge in [0.2, 0.25) is 0 Å². The molecule has 2 aliphatic rings. The van der Waals surface area contributed by atoms with Gasteiger partial charge < -0.3 is 4.74 Å². The number of rotatable bonds is 2. The number of piperidine rings is 1. The summed E-state index contributed by atoms with van der Waals surface area (Å²) in [5.74, 6) is 0. The first-order chi connectivity index (χ1) is 13.5. The topological polar surface area (TPSA) is 71.8 Å². The van der Waals surface area contributed by atoms with Crippen LogP contribution in [0.5, 0.6) is 0 Å². The predicted molar refractivity (Wildman–Crippen MR) is 106 cm³/mol. The van der Waals surface area contributed by atoms with E-state index in [-0.39, 0.29) is 0 Å². The first-order valence-corrected chi connectivity index (χ1v) is 9.79. The van der Waals surface area contributed by atoms with Gasteiger partial charge in [0.15, 0.2) is 5.65 Å². The van der Waals surface area contributed by atoms with Crippen molar-refractivity contribution in [3.8, 4) is 0 Å². The molecule has 3 aromatic rings. The molecule has 1 saturated heterocycles. The van der Waals surface area contributed by atoms with Crippen LogP contribution >= 0.6 is 23.2 Å². The van der Waals surface area contributed by atoms with E-state index in [1.807, 2.05) is 18.3 Å². The van der Waals surface area contributed by atoms with Crippen LogP contribution in [0.1, 0.15) is 24.0 Å². The number of carbonyl (C=O) groups is 1. The lowest BCUT2D eigenvalue weighted by atomic mass is 9.82. The van der Waals surface area contributed by atoms with Crippen LogP contribution in [0.15, 0.2) is 36.7 Å². The zero-order chi connectivity index (χ0) is 19.3. The van der Waals surface area contributed by atoms with Crippen LogP contribution in [-0.2, 0) is 16.9 Å². The SMILES string of the molecule is O=C1Nc2ccc(Cl)cc2C2(CCN(Cc3cnn4ccc(Cl)nc34)CC2)O1. The summed E-state index contributed by atoms with van der Waals surface area (Å²) < 4.78 is 7.51. The lowest BCUT2D eigenvalue weighted by molar-refractivity contribution is -0.0393. The maximum atomic E-state index is 12.1. The van der Waals surface area contributed by atoms with Crippen molar-refractivity contribution < 1.29 is 9.53 Å². The molecule has 2 aliphatic heterocycles. The minimum absolute atomic E-state index is 0.412. The summed E-state index contributed by atoms with van der Waals surface area (Å²) in [7, 11) is 0. The fourth-order valence-electron chi connectivity index (χ4n) is 4.06. The highest BCUT2D eigenvalue weighted by Gasteiger charge is 2.44. The van der Waals surface area contributed by atoms with Crippen LogP contribution in [0.4, 0.5) is 10.5 Å². The Kier molecular flexibility index (Phi) is 4.19. The Balaban J connectivity index is 1.37. The molecule has 1 fully saturated rings. The van der Waals surface area contributed by atoms with Crippen LogP contribution in [0.25, 0.3) is 5.65 Å². The molecule has 144 valence electrons. The van der Waals surface area contributed by atoms with Crippen molar-refractivity contribution in [2.24, 2.45) is 0 Å². The molecule has 7 nitrogen and oxygen atoms in total. The Morgan fingerprint density at radius 3 is 2.86 bits per heavy atom. The molecular weight excluding hydrogens is 401 g/mol. The molecule has 1 amide bonds. The summed E-state index contributed by atoms with van der Waals surface area (Å²) in [6.45, 7) is 2.26. The highest BCUT2D eigenvalue weighted by atomic mass is 35.5. The number of anilines is 1. The smallest absolute Gasteiger partial charge is 0.412 e. The number of hydrogen-bond acceptors (Lipinski definition) is 5. The van der Waals surface area contributed by atoms with Crippen molar-refractivity contribution in [3.63, 3.8) is 0 Å². The van der Waals surface area contributed by atoms with Crippen LogP contribution < -0.4 is 5.32 Å². The van der Waals surface area contributed by atoms with E-state index in [0.717, 1.165) is 35.6 Å². The molecule has 0 bridgehead atoms. The van der Waals surface area contributed by atoms with Gasteiger partial charge in [0.05, 0.1) is 11.9 Å². The van der Waals surface area contributed by atoms with Gasteiger partial charge in [0.1, 0.15) is 10.8 Å². The van der Waals surface area contributed by atoms with E-state index < -0.39 is 11.7 Å². The summed E-state index contributed by atoms with van der Waals surface area (Å²) in [5.41, 5.74) is 2.86. The zero-order valence-electron chi connectivity index (χ0n) is 14.9. The minimum Gasteiger partial charge on any atom is -0.438 e. The van der Waals surface area contributed by atoms with Gasteiger partial charge in [0, 0.05) is 54.8 Å². The second-order valence-corrected chi connectivity index (χ2v) is 7.99. The van der Waals surface area contributed by atoms with Crippen LogP contribution in [0.3, 0.4) is 0 Å². The van der Waals surface area contributed by atoms with E-state index >= 15 is 0 Å². The monoisotopic (exact) mass is 417 g/mol. The third-order valence-electron chi connectivity index (χ3n) is 5.46. The number of carbonyl (C=O) groups excluding carboxylic acids is 1.